The number of benzene rings is 6. The average Bonchev–Trinajstić information content (AvgIpc) is 3.70. The SMILES string of the molecule is CCn1c2ccccc2c2cc(/C=C(/NC(=O)c3ccccc3)C(=O)Nc3cccc(S[C@@H]4CC(=O)N(c5ccc(Oc6ccc(Cl)cc6)cc5)C4=O)c3)ccc21. The van der Waals surface area contributed by atoms with Crippen molar-refractivity contribution in [2.24, 2.45) is 0 Å². The van der Waals surface area contributed by atoms with Gasteiger partial charge in [0.2, 0.25) is 11.8 Å². The Morgan fingerprint density at radius 2 is 1.49 bits per heavy atom. The van der Waals surface area contributed by atoms with Gasteiger partial charge < -0.3 is 19.9 Å². The Hall–Kier alpha value is -6.62. The highest BCUT2D eigenvalue weighted by Crippen LogP contribution is 2.36. The molecule has 2 heterocycles. The van der Waals surface area contributed by atoms with Crippen molar-refractivity contribution in [3.05, 3.63) is 167 Å². The highest BCUT2D eigenvalue weighted by Gasteiger charge is 2.40. The van der Waals surface area contributed by atoms with Crippen molar-refractivity contribution in [2.45, 2.75) is 30.0 Å². The quantitative estimate of drug-likeness (QED) is 0.0998. The number of thioether (sulfide) groups is 1. The lowest BCUT2D eigenvalue weighted by atomic mass is 10.1. The molecule has 0 aliphatic carbocycles. The first-order valence-electron chi connectivity index (χ1n) is 18.3. The maximum Gasteiger partial charge on any atom is 0.272 e. The van der Waals surface area contributed by atoms with Crippen molar-refractivity contribution in [2.75, 3.05) is 10.2 Å². The number of nitrogens with one attached hydrogen (secondary N) is 2. The highest BCUT2D eigenvalue weighted by atomic mass is 35.5. The number of carbonyl (C=O) groups excluding carboxylic acids is 4. The number of anilines is 2. The predicted octanol–water partition coefficient (Wildman–Crippen LogP) is 10.1. The molecule has 0 spiro atoms. The summed E-state index contributed by atoms with van der Waals surface area (Å²) in [5, 5.41) is 7.82. The summed E-state index contributed by atoms with van der Waals surface area (Å²) in [4.78, 5) is 55.9. The van der Waals surface area contributed by atoms with Crippen molar-refractivity contribution >= 4 is 86.2 Å². The van der Waals surface area contributed by atoms with E-state index < -0.39 is 17.1 Å². The Morgan fingerprint density at radius 3 is 2.25 bits per heavy atom. The third kappa shape index (κ3) is 8.05. The first-order valence-corrected chi connectivity index (χ1v) is 19.6. The lowest BCUT2D eigenvalue weighted by Gasteiger charge is -2.16. The number of aryl methyl sites for hydroxylation is 1. The Kier molecular flexibility index (Phi) is 10.6. The van der Waals surface area contributed by atoms with Crippen LogP contribution >= 0.6 is 23.4 Å². The monoisotopic (exact) mass is 790 g/mol. The maximum absolute atomic E-state index is 14.0. The molecule has 0 bridgehead atoms. The van der Waals surface area contributed by atoms with Gasteiger partial charge in [0.1, 0.15) is 17.2 Å². The number of imide groups is 1. The second kappa shape index (κ2) is 16.2. The standard InChI is InChI=1S/C46H35ClN4O5S/c1-2-50-40-14-7-6-13-37(40)38-25-29(15-24-41(38)50)26-39(49-44(53)30-9-4-3-5-10-30)45(54)48-32-11-8-12-36(27-32)57-42-28-43(52)51(46(42)55)33-18-22-35(23-19-33)56-34-20-16-31(47)17-21-34/h3-27,42H,2,28H2,1H3,(H,48,54)(H,49,53)/b39-26+/t42-/m1/s1. The molecule has 8 rings (SSSR count). The summed E-state index contributed by atoms with van der Waals surface area (Å²) >= 11 is 7.21. The predicted molar refractivity (Wildman–Crippen MR) is 227 cm³/mol. The largest absolute Gasteiger partial charge is 0.457 e. The number of rotatable bonds is 11. The van der Waals surface area contributed by atoms with Gasteiger partial charge in [-0.3, -0.25) is 19.2 Å². The normalized spacial score (nSPS) is 14.3. The molecule has 2 N–H and O–H groups in total. The molecule has 0 radical (unpaired) electrons. The van der Waals surface area contributed by atoms with E-state index >= 15 is 0 Å². The molecule has 57 heavy (non-hydrogen) atoms. The van der Waals surface area contributed by atoms with Crippen LogP contribution < -0.4 is 20.3 Å². The van der Waals surface area contributed by atoms with Gasteiger partial charge >= 0.3 is 0 Å². The molecule has 0 unspecified atom stereocenters. The molecule has 1 aromatic heterocycles. The van der Waals surface area contributed by atoms with E-state index in [1.165, 1.54) is 16.7 Å². The fourth-order valence-electron chi connectivity index (χ4n) is 6.89. The lowest BCUT2D eigenvalue weighted by molar-refractivity contribution is -0.121. The summed E-state index contributed by atoms with van der Waals surface area (Å²) < 4.78 is 8.10. The van der Waals surface area contributed by atoms with E-state index in [1.807, 2.05) is 42.5 Å². The Balaban J connectivity index is 0.999. The molecule has 1 atom stereocenters. The number of fused-ring (bicyclic) bond motifs is 3. The van der Waals surface area contributed by atoms with Crippen molar-refractivity contribution < 1.29 is 23.9 Å². The van der Waals surface area contributed by atoms with Gasteiger partial charge in [-0.05, 0) is 116 Å². The smallest absolute Gasteiger partial charge is 0.272 e. The van der Waals surface area contributed by atoms with Gasteiger partial charge in [-0.25, -0.2) is 4.90 Å². The molecule has 282 valence electrons. The van der Waals surface area contributed by atoms with Crippen LogP contribution in [0.4, 0.5) is 11.4 Å². The van der Waals surface area contributed by atoms with E-state index in [0.29, 0.717) is 38.4 Å². The Labute approximate surface area is 337 Å². The molecular formula is C46H35ClN4O5S. The van der Waals surface area contributed by atoms with Crippen LogP contribution in [0.5, 0.6) is 11.5 Å². The minimum absolute atomic E-state index is 0.0167. The van der Waals surface area contributed by atoms with Crippen LogP contribution in [0, 0.1) is 0 Å². The number of carbonyl (C=O) groups is 4. The zero-order valence-electron chi connectivity index (χ0n) is 30.6. The van der Waals surface area contributed by atoms with Crippen molar-refractivity contribution in [1.82, 2.24) is 9.88 Å². The summed E-state index contributed by atoms with van der Waals surface area (Å²) in [6.07, 6.45) is 1.68. The third-order valence-electron chi connectivity index (χ3n) is 9.57. The summed E-state index contributed by atoms with van der Waals surface area (Å²) in [7, 11) is 0. The lowest BCUT2D eigenvalue weighted by Crippen LogP contribution is -2.31. The van der Waals surface area contributed by atoms with Crippen molar-refractivity contribution in [3.8, 4) is 11.5 Å². The molecule has 1 fully saturated rings. The van der Waals surface area contributed by atoms with Crippen LogP contribution in [-0.4, -0.2) is 33.4 Å². The second-order valence-corrected chi connectivity index (χ2v) is 15.0. The Morgan fingerprint density at radius 1 is 0.789 bits per heavy atom. The summed E-state index contributed by atoms with van der Waals surface area (Å²) in [5.74, 6) is -0.451. The molecule has 11 heteroatoms. The Bertz CT molecular complexity index is 2690. The number of nitrogens with zero attached hydrogens (tertiary/aromatic N) is 2. The van der Waals surface area contributed by atoms with Gasteiger partial charge in [-0.2, -0.15) is 0 Å². The minimum Gasteiger partial charge on any atom is -0.457 e. The second-order valence-electron chi connectivity index (χ2n) is 13.3. The zero-order chi connectivity index (χ0) is 39.5. The van der Waals surface area contributed by atoms with Gasteiger partial charge in [-0.15, -0.1) is 11.8 Å². The fraction of sp³-hybridized carbons (Fsp3) is 0.0870. The minimum atomic E-state index is -0.664. The van der Waals surface area contributed by atoms with Gasteiger partial charge in [0.15, 0.2) is 0 Å². The number of halogens is 1. The average molecular weight is 791 g/mol. The molecule has 1 saturated heterocycles. The third-order valence-corrected chi connectivity index (χ3v) is 11.0. The first kappa shape index (κ1) is 37.3. The van der Waals surface area contributed by atoms with Crippen molar-refractivity contribution in [1.29, 1.82) is 0 Å². The molecular weight excluding hydrogens is 756 g/mol. The van der Waals surface area contributed by atoms with Gasteiger partial charge in [-0.1, -0.05) is 60.1 Å². The van der Waals surface area contributed by atoms with Crippen LogP contribution in [0.3, 0.4) is 0 Å². The number of hydrogen-bond donors (Lipinski definition) is 2. The van der Waals surface area contributed by atoms with Gasteiger partial charge in [0.05, 0.1) is 10.9 Å². The van der Waals surface area contributed by atoms with Crippen LogP contribution in [0.2, 0.25) is 5.02 Å². The number of hydrogen-bond acceptors (Lipinski definition) is 6. The summed E-state index contributed by atoms with van der Waals surface area (Å²) in [5.41, 5.74) is 4.30. The van der Waals surface area contributed by atoms with Crippen molar-refractivity contribution in [3.63, 3.8) is 0 Å². The van der Waals surface area contributed by atoms with Crippen LogP contribution in [0.15, 0.2) is 156 Å². The van der Waals surface area contributed by atoms with Crippen LogP contribution in [-0.2, 0) is 20.9 Å². The summed E-state index contributed by atoms with van der Waals surface area (Å²) in [6, 6.07) is 43.6. The topological polar surface area (TPSA) is 110 Å². The molecule has 7 aromatic rings. The van der Waals surface area contributed by atoms with E-state index in [9.17, 15) is 19.2 Å². The fourth-order valence-corrected chi connectivity index (χ4v) is 8.13. The molecule has 1 aliphatic heterocycles. The summed E-state index contributed by atoms with van der Waals surface area (Å²) in [6.45, 7) is 2.91. The maximum atomic E-state index is 14.0. The van der Waals surface area contributed by atoms with Crippen LogP contribution in [0.1, 0.15) is 29.3 Å². The van der Waals surface area contributed by atoms with Crippen LogP contribution in [0.25, 0.3) is 27.9 Å². The van der Waals surface area contributed by atoms with E-state index in [4.69, 9.17) is 16.3 Å². The molecule has 0 saturated carbocycles. The molecule has 1 aliphatic rings. The number of ether oxygens (including phenoxy) is 1. The van der Waals surface area contributed by atoms with E-state index in [2.05, 4.69) is 34.3 Å². The number of para-hydroxylation sites is 1. The molecule has 4 amide bonds. The van der Waals surface area contributed by atoms with Gasteiger partial charge in [0, 0.05) is 55.9 Å². The van der Waals surface area contributed by atoms with E-state index in [1.54, 1.807) is 97.1 Å². The van der Waals surface area contributed by atoms with Gasteiger partial charge in [0.25, 0.3) is 11.8 Å². The molecule has 9 nitrogen and oxygen atoms in total. The van der Waals surface area contributed by atoms with E-state index in [0.717, 1.165) is 33.9 Å². The zero-order valence-corrected chi connectivity index (χ0v) is 32.2. The first-order chi connectivity index (χ1) is 27.7. The van der Waals surface area contributed by atoms with E-state index in [-0.39, 0.29) is 23.9 Å². The molecule has 6 aromatic carbocycles. The highest BCUT2D eigenvalue weighted by molar-refractivity contribution is 8.00. The number of aromatic nitrogens is 1. The number of amides is 4.